The van der Waals surface area contributed by atoms with Gasteiger partial charge in [0.25, 0.3) is 5.91 Å². The first-order valence-corrected chi connectivity index (χ1v) is 12.1. The van der Waals surface area contributed by atoms with Crippen molar-refractivity contribution < 1.29 is 23.0 Å². The van der Waals surface area contributed by atoms with Crippen LogP contribution in [0.5, 0.6) is 5.88 Å². The Morgan fingerprint density at radius 3 is 2.71 bits per heavy atom. The maximum absolute atomic E-state index is 15.1. The zero-order chi connectivity index (χ0) is 24.4. The average Bonchev–Trinajstić information content (AvgIpc) is 2.88. The predicted octanol–water partition coefficient (Wildman–Crippen LogP) is 4.87. The molecule has 3 atom stereocenters. The van der Waals surface area contributed by atoms with Gasteiger partial charge in [0.05, 0.1) is 19.8 Å². The first-order valence-electron chi connectivity index (χ1n) is 11.1. The number of aromatic nitrogens is 1. The van der Waals surface area contributed by atoms with Gasteiger partial charge in [-0.05, 0) is 36.2 Å². The number of benzene rings is 2. The number of methoxy groups -OCH3 is 1. The van der Waals surface area contributed by atoms with Crippen molar-refractivity contribution in [1.82, 2.24) is 10.3 Å². The summed E-state index contributed by atoms with van der Waals surface area (Å²) >= 11 is 1.41. The molecule has 0 saturated carbocycles. The molecule has 2 aliphatic heterocycles. The van der Waals surface area contributed by atoms with Crippen LogP contribution >= 0.6 is 11.8 Å². The minimum atomic E-state index is -1.10. The number of hydrogen-bond acceptors (Lipinski definition) is 6. The number of carbonyl (C=O) groups is 1. The van der Waals surface area contributed by atoms with E-state index < -0.39 is 17.2 Å². The summed E-state index contributed by atoms with van der Waals surface area (Å²) in [6.07, 6.45) is 2.01. The van der Waals surface area contributed by atoms with Gasteiger partial charge in [0.1, 0.15) is 17.2 Å². The van der Waals surface area contributed by atoms with E-state index in [9.17, 15) is 9.18 Å². The lowest BCUT2D eigenvalue weighted by Gasteiger charge is -2.46. The fourth-order valence-corrected chi connectivity index (χ4v) is 5.71. The first kappa shape index (κ1) is 23.4. The van der Waals surface area contributed by atoms with E-state index in [0.717, 1.165) is 11.6 Å². The number of amidine groups is 1. The smallest absolute Gasteiger partial charge is 0.257 e. The van der Waals surface area contributed by atoms with Gasteiger partial charge in [0, 0.05) is 41.1 Å². The second kappa shape index (κ2) is 9.75. The highest BCUT2D eigenvalue weighted by Crippen LogP contribution is 2.49. The Labute approximate surface area is 205 Å². The van der Waals surface area contributed by atoms with E-state index >= 15 is 4.39 Å². The average molecular weight is 496 g/mol. The fraction of sp³-hybridized carbons (Fsp3) is 0.269. The Morgan fingerprint density at radius 2 is 2.00 bits per heavy atom. The lowest BCUT2D eigenvalue weighted by atomic mass is 9.74. The third-order valence-corrected chi connectivity index (χ3v) is 7.43. The Balaban J connectivity index is 1.47. The molecule has 3 heterocycles. The Morgan fingerprint density at radius 1 is 1.17 bits per heavy atom. The number of carbonyl (C=O) groups excluding carboxylic acids is 1. The van der Waals surface area contributed by atoms with Gasteiger partial charge in [0.15, 0.2) is 5.17 Å². The summed E-state index contributed by atoms with van der Waals surface area (Å²) in [5, 5.41) is 3.23. The molecule has 2 aromatic carbocycles. The normalized spacial score (nSPS) is 23.7. The molecule has 0 bridgehead atoms. The van der Waals surface area contributed by atoms with Gasteiger partial charge in [-0.3, -0.25) is 4.79 Å². The standard InChI is InChI=1S/C26H23F2N3O3S/c1-33-23-10-7-17(13-29-23)22-11-18-14-35-25(30-24(32)16-5-3-2-4-6-16)31-26(18,15-34-22)20-9-8-19(27)12-21(20)28/h2-10,12-13,18,22H,11,14-15H2,1H3,(H,30,31,32)/t18-,22+,26-/m0/s1. The topological polar surface area (TPSA) is 72.8 Å². The summed E-state index contributed by atoms with van der Waals surface area (Å²) in [5.74, 6) is -0.690. The third kappa shape index (κ3) is 4.66. The van der Waals surface area contributed by atoms with Crippen molar-refractivity contribution in [2.75, 3.05) is 19.5 Å². The van der Waals surface area contributed by atoms with Crippen LogP contribution in [0.15, 0.2) is 71.9 Å². The molecular formula is C26H23F2N3O3S. The van der Waals surface area contributed by atoms with E-state index in [2.05, 4.69) is 10.3 Å². The maximum atomic E-state index is 15.1. The van der Waals surface area contributed by atoms with Crippen LogP contribution in [0.25, 0.3) is 0 Å². The number of thioether (sulfide) groups is 1. The van der Waals surface area contributed by atoms with Crippen LogP contribution < -0.4 is 10.1 Å². The molecule has 2 aliphatic rings. The molecule has 1 amide bonds. The van der Waals surface area contributed by atoms with Gasteiger partial charge in [-0.1, -0.05) is 36.0 Å². The summed E-state index contributed by atoms with van der Waals surface area (Å²) in [6, 6.07) is 16.0. The predicted molar refractivity (Wildman–Crippen MR) is 129 cm³/mol. The quantitative estimate of drug-likeness (QED) is 0.559. The van der Waals surface area contributed by atoms with Crippen LogP contribution in [0.3, 0.4) is 0 Å². The Hall–Kier alpha value is -3.30. The highest BCUT2D eigenvalue weighted by molar-refractivity contribution is 8.13. The maximum Gasteiger partial charge on any atom is 0.257 e. The summed E-state index contributed by atoms with van der Waals surface area (Å²) in [4.78, 5) is 21.8. The van der Waals surface area contributed by atoms with Crippen LogP contribution in [0.2, 0.25) is 0 Å². The zero-order valence-electron chi connectivity index (χ0n) is 18.9. The molecule has 9 heteroatoms. The Kier molecular flexibility index (Phi) is 6.53. The first-order chi connectivity index (χ1) is 17.0. The molecule has 0 aliphatic carbocycles. The summed E-state index contributed by atoms with van der Waals surface area (Å²) < 4.78 is 40.2. The molecule has 1 saturated heterocycles. The van der Waals surface area contributed by atoms with Crippen molar-refractivity contribution >= 4 is 22.8 Å². The van der Waals surface area contributed by atoms with Crippen LogP contribution in [0.4, 0.5) is 8.78 Å². The van der Waals surface area contributed by atoms with Gasteiger partial charge in [0.2, 0.25) is 5.88 Å². The minimum absolute atomic E-state index is 0.0716. The monoisotopic (exact) mass is 495 g/mol. The molecule has 0 unspecified atom stereocenters. The zero-order valence-corrected chi connectivity index (χ0v) is 19.7. The SMILES string of the molecule is COc1ccc([C@H]2C[C@H]3CSC(NC(=O)c4ccccc4)=N[C@@]3(c3ccc(F)cc3F)CO2)cn1. The summed E-state index contributed by atoms with van der Waals surface area (Å²) in [5.41, 5.74) is 0.531. The van der Waals surface area contributed by atoms with E-state index in [1.807, 2.05) is 12.1 Å². The van der Waals surface area contributed by atoms with Crippen molar-refractivity contribution in [3.05, 3.63) is 95.2 Å². The van der Waals surface area contributed by atoms with E-state index in [1.165, 1.54) is 23.9 Å². The van der Waals surface area contributed by atoms with Gasteiger partial charge < -0.3 is 14.8 Å². The number of fused-ring (bicyclic) bond motifs is 1. The van der Waals surface area contributed by atoms with Crippen LogP contribution in [0.1, 0.15) is 34.0 Å². The number of ether oxygens (including phenoxy) is 2. The lowest BCUT2D eigenvalue weighted by molar-refractivity contribution is -0.0590. The van der Waals surface area contributed by atoms with E-state index in [0.29, 0.717) is 28.8 Å². The lowest BCUT2D eigenvalue weighted by Crippen LogP contribution is -2.49. The second-order valence-corrected chi connectivity index (χ2v) is 9.47. The molecular weight excluding hydrogens is 472 g/mol. The van der Waals surface area contributed by atoms with Crippen LogP contribution in [0, 0.1) is 17.6 Å². The summed E-state index contributed by atoms with van der Waals surface area (Å²) in [7, 11) is 1.55. The van der Waals surface area contributed by atoms with Crippen molar-refractivity contribution in [3.8, 4) is 5.88 Å². The van der Waals surface area contributed by atoms with Gasteiger partial charge in [-0.2, -0.15) is 0 Å². The van der Waals surface area contributed by atoms with Gasteiger partial charge >= 0.3 is 0 Å². The van der Waals surface area contributed by atoms with E-state index in [-0.39, 0.29) is 30.1 Å². The third-order valence-electron chi connectivity index (χ3n) is 6.39. The molecule has 180 valence electrons. The number of nitrogens with zero attached hydrogens (tertiary/aromatic N) is 2. The van der Waals surface area contributed by atoms with Gasteiger partial charge in [-0.15, -0.1) is 0 Å². The van der Waals surface area contributed by atoms with Crippen molar-refractivity contribution in [3.63, 3.8) is 0 Å². The van der Waals surface area contributed by atoms with Crippen LogP contribution in [-0.4, -0.2) is 35.5 Å². The molecule has 0 spiro atoms. The molecule has 1 fully saturated rings. The molecule has 1 aromatic heterocycles. The highest BCUT2D eigenvalue weighted by atomic mass is 32.2. The molecule has 35 heavy (non-hydrogen) atoms. The summed E-state index contributed by atoms with van der Waals surface area (Å²) in [6.45, 7) is 0.0716. The molecule has 1 N–H and O–H groups in total. The number of pyridine rings is 1. The van der Waals surface area contributed by atoms with E-state index in [1.54, 1.807) is 43.6 Å². The minimum Gasteiger partial charge on any atom is -0.481 e. The number of halogens is 2. The number of aliphatic imine (C=N–C) groups is 1. The fourth-order valence-electron chi connectivity index (χ4n) is 4.55. The molecule has 3 aromatic rings. The second-order valence-electron chi connectivity index (χ2n) is 8.46. The van der Waals surface area contributed by atoms with Gasteiger partial charge in [-0.25, -0.2) is 18.8 Å². The molecule has 6 nitrogen and oxygen atoms in total. The van der Waals surface area contributed by atoms with Crippen LogP contribution in [-0.2, 0) is 10.3 Å². The van der Waals surface area contributed by atoms with Crippen molar-refractivity contribution in [2.24, 2.45) is 10.9 Å². The van der Waals surface area contributed by atoms with E-state index in [4.69, 9.17) is 14.5 Å². The molecule has 5 rings (SSSR count). The molecule has 0 radical (unpaired) electrons. The number of amides is 1. The number of hydrogen-bond donors (Lipinski definition) is 1. The Bertz CT molecular complexity index is 1260. The van der Waals surface area contributed by atoms with Crippen molar-refractivity contribution in [2.45, 2.75) is 18.1 Å². The number of rotatable bonds is 4. The number of nitrogens with one attached hydrogen (secondary N) is 1. The highest BCUT2D eigenvalue weighted by Gasteiger charge is 2.50. The largest absolute Gasteiger partial charge is 0.481 e. The van der Waals surface area contributed by atoms with Crippen molar-refractivity contribution in [1.29, 1.82) is 0 Å².